The zero-order valence-corrected chi connectivity index (χ0v) is 9.61. The minimum atomic E-state index is -3.39. The maximum Gasteiger partial charge on any atom is 0.330 e. The van der Waals surface area contributed by atoms with Crippen molar-refractivity contribution in [1.29, 1.82) is 0 Å². The molecule has 0 aliphatic heterocycles. The van der Waals surface area contributed by atoms with E-state index < -0.39 is 31.1 Å². The standard InChI is InChI=1S/C11H14F2O4/c1-3-5-9(14)16-7-11(12,13)8-17-10(15)6-4-2/h3-6H,7-8H2,1-2H3. The normalized spacial score (nSPS) is 12.0. The Morgan fingerprint density at radius 3 is 1.65 bits per heavy atom. The summed E-state index contributed by atoms with van der Waals surface area (Å²) in [6, 6.07) is 0. The number of hydrogen-bond donors (Lipinski definition) is 0. The minimum absolute atomic E-state index is 0.869. The summed E-state index contributed by atoms with van der Waals surface area (Å²) in [5.74, 6) is -5.13. The fourth-order valence-corrected chi connectivity index (χ4v) is 0.763. The third kappa shape index (κ3) is 8.12. The van der Waals surface area contributed by atoms with Gasteiger partial charge in [0.25, 0.3) is 0 Å². The largest absolute Gasteiger partial charge is 0.456 e. The molecule has 0 rings (SSSR count). The van der Waals surface area contributed by atoms with Gasteiger partial charge in [0, 0.05) is 12.2 Å². The van der Waals surface area contributed by atoms with E-state index >= 15 is 0 Å². The summed E-state index contributed by atoms with van der Waals surface area (Å²) in [6.07, 6.45) is 4.77. The molecule has 0 spiro atoms. The van der Waals surface area contributed by atoms with E-state index in [9.17, 15) is 18.4 Å². The van der Waals surface area contributed by atoms with Gasteiger partial charge in [-0.05, 0) is 13.8 Å². The molecule has 0 aromatic carbocycles. The van der Waals surface area contributed by atoms with Crippen molar-refractivity contribution in [3.63, 3.8) is 0 Å². The monoisotopic (exact) mass is 248 g/mol. The quantitative estimate of drug-likeness (QED) is 0.532. The summed E-state index contributed by atoms with van der Waals surface area (Å²) in [6.45, 7) is 0.856. The average molecular weight is 248 g/mol. The van der Waals surface area contributed by atoms with Crippen LogP contribution in [-0.2, 0) is 19.1 Å². The van der Waals surface area contributed by atoms with Crippen LogP contribution in [0.25, 0.3) is 0 Å². The van der Waals surface area contributed by atoms with Crippen molar-refractivity contribution in [1.82, 2.24) is 0 Å². The summed E-state index contributed by atoms with van der Waals surface area (Å²) in [5, 5.41) is 0. The van der Waals surface area contributed by atoms with Crippen molar-refractivity contribution in [3.8, 4) is 0 Å². The van der Waals surface area contributed by atoms with Gasteiger partial charge >= 0.3 is 17.9 Å². The van der Waals surface area contributed by atoms with Crippen LogP contribution in [0, 0.1) is 0 Å². The zero-order valence-electron chi connectivity index (χ0n) is 9.61. The summed E-state index contributed by atoms with van der Waals surface area (Å²) in [4.78, 5) is 21.5. The molecular weight excluding hydrogens is 234 g/mol. The van der Waals surface area contributed by atoms with Gasteiger partial charge in [-0.15, -0.1) is 0 Å². The lowest BCUT2D eigenvalue weighted by Gasteiger charge is -2.15. The van der Waals surface area contributed by atoms with Gasteiger partial charge in [-0.2, -0.15) is 8.78 Å². The van der Waals surface area contributed by atoms with Gasteiger partial charge in [0.1, 0.15) is 0 Å². The summed E-state index contributed by atoms with van der Waals surface area (Å²) in [5.41, 5.74) is 0. The molecule has 0 bridgehead atoms. The van der Waals surface area contributed by atoms with E-state index in [0.29, 0.717) is 0 Å². The van der Waals surface area contributed by atoms with Crippen molar-refractivity contribution in [3.05, 3.63) is 24.3 Å². The van der Waals surface area contributed by atoms with Crippen LogP contribution in [0.3, 0.4) is 0 Å². The first-order valence-corrected chi connectivity index (χ1v) is 4.88. The molecule has 0 saturated heterocycles. The SMILES string of the molecule is CC=CC(=O)OCC(F)(F)COC(=O)C=CC. The van der Waals surface area contributed by atoms with Crippen LogP contribution in [-0.4, -0.2) is 31.1 Å². The molecule has 0 N–H and O–H groups in total. The molecule has 0 aromatic rings. The van der Waals surface area contributed by atoms with E-state index in [0.717, 1.165) is 12.2 Å². The first kappa shape index (κ1) is 15.3. The Bertz CT molecular complexity index is 291. The van der Waals surface area contributed by atoms with E-state index in [1.165, 1.54) is 12.2 Å². The summed E-state index contributed by atoms with van der Waals surface area (Å²) >= 11 is 0. The molecule has 0 unspecified atom stereocenters. The van der Waals surface area contributed by atoms with E-state index in [2.05, 4.69) is 9.47 Å². The second kappa shape index (κ2) is 7.54. The van der Waals surface area contributed by atoms with E-state index in [-0.39, 0.29) is 0 Å². The van der Waals surface area contributed by atoms with E-state index in [1.54, 1.807) is 13.8 Å². The topological polar surface area (TPSA) is 52.6 Å². The van der Waals surface area contributed by atoms with Crippen molar-refractivity contribution in [2.24, 2.45) is 0 Å². The van der Waals surface area contributed by atoms with Gasteiger partial charge in [0.2, 0.25) is 0 Å². The summed E-state index contributed by atoms with van der Waals surface area (Å²) in [7, 11) is 0. The number of hydrogen-bond acceptors (Lipinski definition) is 4. The van der Waals surface area contributed by atoms with Gasteiger partial charge in [-0.25, -0.2) is 9.59 Å². The lowest BCUT2D eigenvalue weighted by molar-refractivity contribution is -0.164. The molecule has 17 heavy (non-hydrogen) atoms. The Hall–Kier alpha value is -1.72. The lowest BCUT2D eigenvalue weighted by atomic mass is 10.4. The first-order chi connectivity index (χ1) is 7.91. The second-order valence-corrected chi connectivity index (χ2v) is 3.07. The van der Waals surface area contributed by atoms with Gasteiger partial charge in [0.05, 0.1) is 0 Å². The number of halogens is 2. The molecule has 0 aliphatic rings. The molecule has 96 valence electrons. The van der Waals surface area contributed by atoms with Crippen molar-refractivity contribution in [2.75, 3.05) is 13.2 Å². The number of carbonyl (C=O) groups is 2. The summed E-state index contributed by atoms with van der Waals surface area (Å²) < 4.78 is 34.6. The van der Waals surface area contributed by atoms with Crippen LogP contribution in [0.1, 0.15) is 13.8 Å². The van der Waals surface area contributed by atoms with Crippen LogP contribution in [0.4, 0.5) is 8.78 Å². The predicted molar refractivity (Wildman–Crippen MR) is 56.5 cm³/mol. The molecule has 0 aromatic heterocycles. The molecule has 6 heteroatoms. The van der Waals surface area contributed by atoms with Crippen LogP contribution >= 0.6 is 0 Å². The van der Waals surface area contributed by atoms with Crippen LogP contribution < -0.4 is 0 Å². The highest BCUT2D eigenvalue weighted by atomic mass is 19.3. The molecule has 0 radical (unpaired) electrons. The minimum Gasteiger partial charge on any atom is -0.456 e. The third-order valence-corrected chi connectivity index (χ3v) is 1.46. The fraction of sp³-hybridized carbons (Fsp3) is 0.455. The number of rotatable bonds is 6. The van der Waals surface area contributed by atoms with Crippen LogP contribution in [0.5, 0.6) is 0 Å². The Labute approximate surface area is 97.9 Å². The zero-order chi connectivity index (χ0) is 13.3. The number of allylic oxidation sites excluding steroid dienone is 2. The molecule has 0 aliphatic carbocycles. The van der Waals surface area contributed by atoms with Gasteiger partial charge in [-0.1, -0.05) is 12.2 Å². The Kier molecular flexibility index (Phi) is 6.77. The highest BCUT2D eigenvalue weighted by Crippen LogP contribution is 2.14. The van der Waals surface area contributed by atoms with Crippen LogP contribution in [0.15, 0.2) is 24.3 Å². The number of carbonyl (C=O) groups excluding carboxylic acids is 2. The number of esters is 2. The Morgan fingerprint density at radius 1 is 1.00 bits per heavy atom. The van der Waals surface area contributed by atoms with Crippen molar-refractivity contribution < 1.29 is 27.8 Å². The van der Waals surface area contributed by atoms with Gasteiger partial charge < -0.3 is 9.47 Å². The Balaban J connectivity index is 4.03. The maximum absolute atomic E-state index is 13.0. The third-order valence-electron chi connectivity index (χ3n) is 1.46. The predicted octanol–water partition coefficient (Wildman–Crippen LogP) is 1.86. The van der Waals surface area contributed by atoms with Crippen LogP contribution in [0.2, 0.25) is 0 Å². The fourth-order valence-electron chi connectivity index (χ4n) is 0.763. The first-order valence-electron chi connectivity index (χ1n) is 4.88. The lowest BCUT2D eigenvalue weighted by Crippen LogP contribution is -2.31. The second-order valence-electron chi connectivity index (χ2n) is 3.07. The number of alkyl halides is 2. The van der Waals surface area contributed by atoms with Crippen molar-refractivity contribution in [2.45, 2.75) is 19.8 Å². The van der Waals surface area contributed by atoms with Gasteiger partial charge in [0.15, 0.2) is 13.2 Å². The number of ether oxygens (including phenoxy) is 2. The molecule has 0 fully saturated rings. The van der Waals surface area contributed by atoms with Gasteiger partial charge in [-0.3, -0.25) is 0 Å². The van der Waals surface area contributed by atoms with E-state index in [1.807, 2.05) is 0 Å². The molecule has 0 amide bonds. The smallest absolute Gasteiger partial charge is 0.330 e. The van der Waals surface area contributed by atoms with Crippen molar-refractivity contribution >= 4 is 11.9 Å². The molecule has 0 heterocycles. The average Bonchev–Trinajstić information content (AvgIpc) is 2.25. The molecule has 0 saturated carbocycles. The maximum atomic E-state index is 13.0. The Morgan fingerprint density at radius 2 is 1.35 bits per heavy atom. The van der Waals surface area contributed by atoms with E-state index in [4.69, 9.17) is 0 Å². The molecular formula is C11H14F2O4. The molecule has 0 atom stereocenters. The highest BCUT2D eigenvalue weighted by Gasteiger charge is 2.32. The highest BCUT2D eigenvalue weighted by molar-refractivity contribution is 5.82. The molecule has 4 nitrogen and oxygen atoms in total.